The molecule has 70 valence electrons. The topological polar surface area (TPSA) is 30.5 Å². The second-order valence-electron chi connectivity index (χ2n) is 3.04. The van der Waals surface area contributed by atoms with E-state index in [9.17, 15) is 0 Å². The molecule has 0 bridgehead atoms. The van der Waals surface area contributed by atoms with Crippen LogP contribution in [-0.2, 0) is 9.47 Å². The Morgan fingerprint density at radius 3 is 3.17 bits per heavy atom. The van der Waals surface area contributed by atoms with E-state index in [-0.39, 0.29) is 0 Å². The van der Waals surface area contributed by atoms with E-state index in [1.165, 1.54) is 0 Å². The van der Waals surface area contributed by atoms with Gasteiger partial charge in [0.05, 0.1) is 12.7 Å². The normalized spacial score (nSPS) is 26.6. The molecule has 0 spiro atoms. The number of hydrogen-bond donors (Lipinski definition) is 1. The average Bonchev–Trinajstić information content (AvgIpc) is 2.16. The molecule has 1 N–H and O–H groups in total. The number of hydrogen-bond acceptors (Lipinski definition) is 3. The molecule has 3 heteroatoms. The highest BCUT2D eigenvalue weighted by Crippen LogP contribution is 2.04. The Morgan fingerprint density at radius 2 is 2.58 bits per heavy atom. The Balaban J connectivity index is 2.08. The van der Waals surface area contributed by atoms with Crippen molar-refractivity contribution in [3.8, 4) is 0 Å². The summed E-state index contributed by atoms with van der Waals surface area (Å²) in [5.74, 6) is 0. The Hall–Kier alpha value is -0.380. The highest BCUT2D eigenvalue weighted by Gasteiger charge is 2.13. The smallest absolute Gasteiger partial charge is 0.147 e. The maximum Gasteiger partial charge on any atom is 0.147 e. The molecule has 1 fully saturated rings. The van der Waals surface area contributed by atoms with Gasteiger partial charge in [0.1, 0.15) is 6.79 Å². The maximum atomic E-state index is 5.35. The van der Waals surface area contributed by atoms with Crippen molar-refractivity contribution in [2.24, 2.45) is 0 Å². The van der Waals surface area contributed by atoms with Crippen molar-refractivity contribution in [1.82, 2.24) is 5.32 Å². The lowest BCUT2D eigenvalue weighted by Gasteiger charge is -2.23. The van der Waals surface area contributed by atoms with Crippen molar-refractivity contribution in [3.63, 3.8) is 0 Å². The largest absolute Gasteiger partial charge is 0.355 e. The SMILES string of the molecule is C=CC(C)NCC1CCOCO1. The van der Waals surface area contributed by atoms with Crippen LogP contribution >= 0.6 is 0 Å². The van der Waals surface area contributed by atoms with Gasteiger partial charge < -0.3 is 14.8 Å². The minimum atomic E-state index is 0.307. The van der Waals surface area contributed by atoms with E-state index in [0.29, 0.717) is 18.9 Å². The van der Waals surface area contributed by atoms with Crippen LogP contribution in [0.3, 0.4) is 0 Å². The molecule has 1 rings (SSSR count). The summed E-state index contributed by atoms with van der Waals surface area (Å²) >= 11 is 0. The molecule has 1 saturated heterocycles. The van der Waals surface area contributed by atoms with Crippen molar-refractivity contribution in [1.29, 1.82) is 0 Å². The highest BCUT2D eigenvalue weighted by molar-refractivity contribution is 4.82. The molecule has 1 aliphatic heterocycles. The van der Waals surface area contributed by atoms with Gasteiger partial charge in [0.15, 0.2) is 0 Å². The third-order valence-corrected chi connectivity index (χ3v) is 1.99. The van der Waals surface area contributed by atoms with Crippen molar-refractivity contribution in [2.75, 3.05) is 19.9 Å². The van der Waals surface area contributed by atoms with Crippen LogP contribution in [-0.4, -0.2) is 32.1 Å². The van der Waals surface area contributed by atoms with Gasteiger partial charge in [-0.3, -0.25) is 0 Å². The molecule has 0 saturated carbocycles. The van der Waals surface area contributed by atoms with Crippen molar-refractivity contribution >= 4 is 0 Å². The van der Waals surface area contributed by atoms with E-state index in [0.717, 1.165) is 19.6 Å². The first-order valence-corrected chi connectivity index (χ1v) is 4.38. The minimum absolute atomic E-state index is 0.307. The predicted molar refractivity (Wildman–Crippen MR) is 48.0 cm³/mol. The quantitative estimate of drug-likeness (QED) is 0.638. The summed E-state index contributed by atoms with van der Waals surface area (Å²) in [4.78, 5) is 0. The maximum absolute atomic E-state index is 5.35. The summed E-state index contributed by atoms with van der Waals surface area (Å²) < 4.78 is 10.4. The minimum Gasteiger partial charge on any atom is -0.355 e. The third kappa shape index (κ3) is 3.34. The van der Waals surface area contributed by atoms with Crippen LogP contribution in [0.5, 0.6) is 0 Å². The van der Waals surface area contributed by atoms with Crippen molar-refractivity contribution < 1.29 is 9.47 Å². The van der Waals surface area contributed by atoms with Gasteiger partial charge in [0, 0.05) is 12.6 Å². The summed E-state index contributed by atoms with van der Waals surface area (Å²) in [6.07, 6.45) is 3.18. The fourth-order valence-corrected chi connectivity index (χ4v) is 1.06. The second-order valence-corrected chi connectivity index (χ2v) is 3.04. The molecule has 1 heterocycles. The summed E-state index contributed by atoms with van der Waals surface area (Å²) in [5, 5.41) is 3.30. The van der Waals surface area contributed by atoms with Crippen LogP contribution in [0.2, 0.25) is 0 Å². The number of ether oxygens (including phenoxy) is 2. The van der Waals surface area contributed by atoms with Gasteiger partial charge in [-0.05, 0) is 13.3 Å². The Kier molecular flexibility index (Phi) is 4.29. The first-order chi connectivity index (χ1) is 5.83. The molecule has 2 unspecified atom stereocenters. The van der Waals surface area contributed by atoms with Crippen LogP contribution in [0.25, 0.3) is 0 Å². The molecule has 0 aromatic rings. The van der Waals surface area contributed by atoms with E-state index in [1.54, 1.807) is 0 Å². The average molecular weight is 171 g/mol. The molecule has 1 aliphatic rings. The molecule has 0 aliphatic carbocycles. The Labute approximate surface area is 73.7 Å². The van der Waals surface area contributed by atoms with Gasteiger partial charge in [-0.25, -0.2) is 0 Å². The summed E-state index contributed by atoms with van der Waals surface area (Å²) in [6.45, 7) is 7.91. The fraction of sp³-hybridized carbons (Fsp3) is 0.778. The zero-order valence-corrected chi connectivity index (χ0v) is 7.58. The zero-order chi connectivity index (χ0) is 8.81. The van der Waals surface area contributed by atoms with Crippen molar-refractivity contribution in [2.45, 2.75) is 25.5 Å². The van der Waals surface area contributed by atoms with E-state index >= 15 is 0 Å². The van der Waals surface area contributed by atoms with Gasteiger partial charge in [0.2, 0.25) is 0 Å². The summed E-state index contributed by atoms with van der Waals surface area (Å²) in [6, 6.07) is 0.358. The molecule has 0 radical (unpaired) electrons. The van der Waals surface area contributed by atoms with Crippen LogP contribution < -0.4 is 5.32 Å². The summed E-state index contributed by atoms with van der Waals surface area (Å²) in [5.41, 5.74) is 0. The van der Waals surface area contributed by atoms with Gasteiger partial charge in [-0.2, -0.15) is 0 Å². The summed E-state index contributed by atoms with van der Waals surface area (Å²) in [7, 11) is 0. The first kappa shape index (κ1) is 9.71. The first-order valence-electron chi connectivity index (χ1n) is 4.38. The van der Waals surface area contributed by atoms with Crippen molar-refractivity contribution in [3.05, 3.63) is 12.7 Å². The monoisotopic (exact) mass is 171 g/mol. The molecule has 0 aromatic heterocycles. The van der Waals surface area contributed by atoms with Gasteiger partial charge in [-0.1, -0.05) is 6.08 Å². The standard InChI is InChI=1S/C9H17NO2/c1-3-8(2)10-6-9-4-5-11-7-12-9/h3,8-10H,1,4-7H2,2H3. The molecular formula is C9H17NO2. The molecule has 0 amide bonds. The lowest BCUT2D eigenvalue weighted by molar-refractivity contribution is -0.137. The second kappa shape index (κ2) is 5.30. The van der Waals surface area contributed by atoms with E-state index < -0.39 is 0 Å². The van der Waals surface area contributed by atoms with E-state index in [1.807, 2.05) is 6.08 Å². The Bertz CT molecular complexity index is 132. The molecular weight excluding hydrogens is 154 g/mol. The van der Waals surface area contributed by atoms with E-state index in [2.05, 4.69) is 18.8 Å². The lowest BCUT2D eigenvalue weighted by Crippen LogP contribution is -2.37. The predicted octanol–water partition coefficient (Wildman–Crippen LogP) is 0.913. The van der Waals surface area contributed by atoms with Gasteiger partial charge in [-0.15, -0.1) is 6.58 Å². The number of rotatable bonds is 4. The third-order valence-electron chi connectivity index (χ3n) is 1.99. The molecule has 3 nitrogen and oxygen atoms in total. The Morgan fingerprint density at radius 1 is 1.75 bits per heavy atom. The molecule has 2 atom stereocenters. The molecule has 12 heavy (non-hydrogen) atoms. The highest BCUT2D eigenvalue weighted by atomic mass is 16.7. The number of nitrogens with one attached hydrogen (secondary N) is 1. The van der Waals surface area contributed by atoms with Gasteiger partial charge >= 0.3 is 0 Å². The zero-order valence-electron chi connectivity index (χ0n) is 7.58. The fourth-order valence-electron chi connectivity index (χ4n) is 1.06. The van der Waals surface area contributed by atoms with Crippen LogP contribution in [0.1, 0.15) is 13.3 Å². The lowest BCUT2D eigenvalue weighted by atomic mass is 10.2. The molecule has 0 aromatic carbocycles. The van der Waals surface area contributed by atoms with Crippen LogP contribution in [0.4, 0.5) is 0 Å². The van der Waals surface area contributed by atoms with Crippen LogP contribution in [0.15, 0.2) is 12.7 Å². The van der Waals surface area contributed by atoms with Gasteiger partial charge in [0.25, 0.3) is 0 Å². The van der Waals surface area contributed by atoms with E-state index in [4.69, 9.17) is 9.47 Å². The van der Waals surface area contributed by atoms with Crippen LogP contribution in [0, 0.1) is 0 Å².